The summed E-state index contributed by atoms with van der Waals surface area (Å²) in [5, 5.41) is 10.2. The normalized spacial score (nSPS) is 17.5. The molecule has 0 unspecified atom stereocenters. The lowest BCUT2D eigenvalue weighted by molar-refractivity contribution is -0.121. The molecule has 1 fully saturated rings. The van der Waals surface area contributed by atoms with Gasteiger partial charge in [0.05, 0.1) is 5.25 Å². The fraction of sp³-hybridized carbons (Fsp3) is 0.471. The van der Waals surface area contributed by atoms with Crippen LogP contribution >= 0.6 is 11.8 Å². The van der Waals surface area contributed by atoms with Crippen LogP contribution in [0.3, 0.4) is 0 Å². The summed E-state index contributed by atoms with van der Waals surface area (Å²) in [5.41, 5.74) is 1.34. The number of H-pyrrole nitrogens is 1. The molecular weight excluding hydrogens is 322 g/mol. The van der Waals surface area contributed by atoms with Crippen LogP contribution in [0.2, 0.25) is 0 Å². The molecule has 0 saturated carbocycles. The third-order valence-electron chi connectivity index (χ3n) is 4.23. The zero-order valence-corrected chi connectivity index (χ0v) is 14.6. The van der Waals surface area contributed by atoms with Gasteiger partial charge in [0, 0.05) is 25.7 Å². The van der Waals surface area contributed by atoms with E-state index < -0.39 is 0 Å². The summed E-state index contributed by atoms with van der Waals surface area (Å²) < 4.78 is 0. The van der Waals surface area contributed by atoms with Crippen LogP contribution in [0.4, 0.5) is 0 Å². The Hall–Kier alpha value is -1.86. The van der Waals surface area contributed by atoms with Crippen molar-refractivity contribution in [1.29, 1.82) is 0 Å². The molecule has 3 rings (SSSR count). The lowest BCUT2D eigenvalue weighted by Crippen LogP contribution is -2.46. The number of piperidine rings is 1. The van der Waals surface area contributed by atoms with Gasteiger partial charge in [-0.3, -0.25) is 14.8 Å². The van der Waals surface area contributed by atoms with Crippen molar-refractivity contribution in [3.63, 3.8) is 0 Å². The van der Waals surface area contributed by atoms with Crippen molar-refractivity contribution in [3.8, 4) is 0 Å². The van der Waals surface area contributed by atoms with Gasteiger partial charge < -0.3 is 5.32 Å². The minimum absolute atomic E-state index is 0.0675. The maximum atomic E-state index is 12.3. The van der Waals surface area contributed by atoms with E-state index in [1.165, 1.54) is 23.7 Å². The van der Waals surface area contributed by atoms with E-state index in [0.29, 0.717) is 5.16 Å². The second-order valence-corrected chi connectivity index (χ2v) is 7.42. The zero-order valence-electron chi connectivity index (χ0n) is 13.8. The summed E-state index contributed by atoms with van der Waals surface area (Å²) in [5.74, 6) is 0.0675. The molecular formula is C17H23N5OS. The Kier molecular flexibility index (Phi) is 5.87. The lowest BCUT2D eigenvalue weighted by atomic mass is 10.0. The van der Waals surface area contributed by atoms with Crippen LogP contribution in [0.5, 0.6) is 0 Å². The number of amides is 1. The van der Waals surface area contributed by atoms with Gasteiger partial charge in [-0.15, -0.1) is 0 Å². The molecule has 1 amide bonds. The van der Waals surface area contributed by atoms with E-state index in [0.717, 1.165) is 32.5 Å². The van der Waals surface area contributed by atoms with Gasteiger partial charge in [-0.2, -0.15) is 5.10 Å². The molecule has 1 atom stereocenters. The lowest BCUT2D eigenvalue weighted by Gasteiger charge is -2.32. The highest BCUT2D eigenvalue weighted by Gasteiger charge is 2.23. The number of nitrogens with zero attached hydrogens (tertiary/aromatic N) is 3. The second kappa shape index (κ2) is 8.30. The van der Waals surface area contributed by atoms with Crippen LogP contribution < -0.4 is 5.32 Å². The highest BCUT2D eigenvalue weighted by Crippen LogP contribution is 2.19. The summed E-state index contributed by atoms with van der Waals surface area (Å²) in [4.78, 5) is 18.8. The third-order valence-corrected chi connectivity index (χ3v) is 5.22. The Balaban J connectivity index is 1.41. The van der Waals surface area contributed by atoms with Crippen molar-refractivity contribution >= 4 is 17.7 Å². The molecule has 1 aromatic heterocycles. The van der Waals surface area contributed by atoms with Crippen molar-refractivity contribution in [2.24, 2.45) is 0 Å². The SMILES string of the molecule is C[C@@H](Sc1ncn[nH]1)C(=O)NC1CCN(Cc2ccccc2)CC1. The molecule has 6 nitrogen and oxygen atoms in total. The van der Waals surface area contributed by atoms with E-state index in [1.807, 2.05) is 13.0 Å². The number of carbonyl (C=O) groups excluding carboxylic acids is 1. The number of thioether (sulfide) groups is 1. The number of rotatable bonds is 6. The number of benzene rings is 1. The maximum Gasteiger partial charge on any atom is 0.233 e. The van der Waals surface area contributed by atoms with Gasteiger partial charge in [-0.05, 0) is 25.3 Å². The number of hydrogen-bond acceptors (Lipinski definition) is 5. The first-order chi connectivity index (χ1) is 11.7. The Morgan fingerprint density at radius 2 is 2.12 bits per heavy atom. The van der Waals surface area contributed by atoms with E-state index in [2.05, 4.69) is 49.7 Å². The average molecular weight is 345 g/mol. The fourth-order valence-electron chi connectivity index (χ4n) is 2.87. The Bertz CT molecular complexity index is 626. The van der Waals surface area contributed by atoms with Gasteiger partial charge in [0.15, 0.2) is 5.16 Å². The van der Waals surface area contributed by atoms with Crippen molar-refractivity contribution < 1.29 is 4.79 Å². The number of likely N-dealkylation sites (tertiary alicyclic amines) is 1. The zero-order chi connectivity index (χ0) is 16.8. The molecule has 7 heteroatoms. The summed E-state index contributed by atoms with van der Waals surface area (Å²) in [6.07, 6.45) is 3.45. The van der Waals surface area contributed by atoms with Crippen LogP contribution in [0.25, 0.3) is 0 Å². The van der Waals surface area contributed by atoms with Crippen LogP contribution in [0.1, 0.15) is 25.3 Å². The molecule has 2 aromatic rings. The standard InChI is InChI=1S/C17H23N5OS/c1-13(24-17-18-12-19-21-17)16(23)20-15-7-9-22(10-8-15)11-14-5-3-2-4-6-14/h2-6,12-13,15H,7-11H2,1H3,(H,20,23)(H,18,19,21)/t13-/m1/s1. The number of aromatic nitrogens is 3. The minimum atomic E-state index is -0.180. The highest BCUT2D eigenvalue weighted by molar-refractivity contribution is 8.00. The predicted molar refractivity (Wildman–Crippen MR) is 94.6 cm³/mol. The molecule has 2 N–H and O–H groups in total. The van der Waals surface area contributed by atoms with Gasteiger partial charge in [0.25, 0.3) is 0 Å². The van der Waals surface area contributed by atoms with Crippen LogP contribution in [-0.2, 0) is 11.3 Å². The molecule has 1 aliphatic rings. The quantitative estimate of drug-likeness (QED) is 0.784. The van der Waals surface area contributed by atoms with Crippen molar-refractivity contribution in [3.05, 3.63) is 42.2 Å². The largest absolute Gasteiger partial charge is 0.352 e. The first-order valence-corrected chi connectivity index (χ1v) is 9.17. The molecule has 128 valence electrons. The van der Waals surface area contributed by atoms with Gasteiger partial charge in [0.2, 0.25) is 5.91 Å². The molecule has 24 heavy (non-hydrogen) atoms. The predicted octanol–water partition coefficient (Wildman–Crippen LogP) is 2.07. The molecule has 1 saturated heterocycles. The van der Waals surface area contributed by atoms with Crippen molar-refractivity contribution in [2.45, 2.75) is 42.8 Å². The first-order valence-electron chi connectivity index (χ1n) is 8.29. The van der Waals surface area contributed by atoms with Gasteiger partial charge in [0.1, 0.15) is 6.33 Å². The van der Waals surface area contributed by atoms with E-state index in [-0.39, 0.29) is 17.2 Å². The molecule has 1 aromatic carbocycles. The molecule has 0 aliphatic carbocycles. The molecule has 0 spiro atoms. The van der Waals surface area contributed by atoms with E-state index >= 15 is 0 Å². The number of carbonyl (C=O) groups is 1. The molecule has 1 aliphatic heterocycles. The Labute approximate surface area is 146 Å². The van der Waals surface area contributed by atoms with Crippen molar-refractivity contribution in [1.82, 2.24) is 25.4 Å². The molecule has 2 heterocycles. The first kappa shape index (κ1) is 17.0. The molecule has 0 radical (unpaired) electrons. The smallest absolute Gasteiger partial charge is 0.233 e. The topological polar surface area (TPSA) is 73.9 Å². The Morgan fingerprint density at radius 1 is 1.38 bits per heavy atom. The average Bonchev–Trinajstić information content (AvgIpc) is 3.10. The summed E-state index contributed by atoms with van der Waals surface area (Å²) >= 11 is 1.40. The fourth-order valence-corrected chi connectivity index (χ4v) is 3.59. The Morgan fingerprint density at radius 3 is 2.79 bits per heavy atom. The summed E-state index contributed by atoms with van der Waals surface area (Å²) in [7, 11) is 0. The summed E-state index contributed by atoms with van der Waals surface area (Å²) in [6.45, 7) is 4.92. The van der Waals surface area contributed by atoms with E-state index in [9.17, 15) is 4.79 Å². The van der Waals surface area contributed by atoms with Crippen LogP contribution in [-0.4, -0.2) is 50.4 Å². The van der Waals surface area contributed by atoms with Crippen molar-refractivity contribution in [2.75, 3.05) is 13.1 Å². The summed E-state index contributed by atoms with van der Waals surface area (Å²) in [6, 6.07) is 10.8. The van der Waals surface area contributed by atoms with Gasteiger partial charge in [-0.25, -0.2) is 4.98 Å². The third kappa shape index (κ3) is 4.82. The van der Waals surface area contributed by atoms with Crippen LogP contribution in [0, 0.1) is 0 Å². The van der Waals surface area contributed by atoms with Crippen LogP contribution in [0.15, 0.2) is 41.8 Å². The number of nitrogens with one attached hydrogen (secondary N) is 2. The second-order valence-electron chi connectivity index (χ2n) is 6.10. The van der Waals surface area contributed by atoms with E-state index in [4.69, 9.17) is 0 Å². The monoisotopic (exact) mass is 345 g/mol. The number of hydrogen-bond donors (Lipinski definition) is 2. The van der Waals surface area contributed by atoms with E-state index in [1.54, 1.807) is 0 Å². The highest BCUT2D eigenvalue weighted by atomic mass is 32.2. The maximum absolute atomic E-state index is 12.3. The minimum Gasteiger partial charge on any atom is -0.352 e. The van der Waals surface area contributed by atoms with Gasteiger partial charge >= 0.3 is 0 Å². The molecule has 0 bridgehead atoms. The van der Waals surface area contributed by atoms with Gasteiger partial charge in [-0.1, -0.05) is 42.1 Å². The number of aromatic amines is 1.